The average molecular weight is 1450 g/mol. The summed E-state index contributed by atoms with van der Waals surface area (Å²) < 4.78 is 0. The molecule has 534 valence electrons. The SMILES string of the molecule is CC1(C)c2ccccc2-c2ccc(-c3ccc(-c4cc(-c5ccc(-c6cccnc6)cc5)nc(-c5cccc(-c6cccc7ccccc67)c5)n4)cc3)cc21.c1cncc(-c2ccc(-c3cc(-c4cccc(-c5cccc6ccccc56)c4)nc(-c4ccc5c(c4)C4(c6ccccc6-c6ccccc64)c4ccccc4-5)n3)cc2)c1. The van der Waals surface area contributed by atoms with Gasteiger partial charge in [0, 0.05) is 63.6 Å². The van der Waals surface area contributed by atoms with Crippen molar-refractivity contribution in [2.75, 3.05) is 0 Å². The predicted molar refractivity (Wildman–Crippen MR) is 468 cm³/mol. The molecule has 3 aliphatic carbocycles. The van der Waals surface area contributed by atoms with Crippen LogP contribution in [0.25, 0.3) is 178 Å². The summed E-state index contributed by atoms with van der Waals surface area (Å²) in [6.45, 7) is 4.66. The van der Waals surface area contributed by atoms with E-state index in [1.165, 1.54) is 111 Å². The topological polar surface area (TPSA) is 77.3 Å². The largest absolute Gasteiger partial charge is 0.264 e. The Labute approximate surface area is 662 Å². The Morgan fingerprint density at radius 2 is 0.509 bits per heavy atom. The van der Waals surface area contributed by atoms with E-state index in [1.807, 2.05) is 24.5 Å². The number of fused-ring (bicyclic) bond motifs is 15. The molecule has 3 aliphatic rings. The van der Waals surface area contributed by atoms with E-state index < -0.39 is 5.41 Å². The Bertz CT molecular complexity index is 6910. The second-order valence-corrected chi connectivity index (χ2v) is 30.4. The van der Waals surface area contributed by atoms with Crippen molar-refractivity contribution in [1.29, 1.82) is 0 Å². The van der Waals surface area contributed by atoms with Crippen molar-refractivity contribution in [3.05, 3.63) is 434 Å². The van der Waals surface area contributed by atoms with Crippen LogP contribution in [0.15, 0.2) is 401 Å². The molecule has 0 fully saturated rings. The molecular formula is C108H72N6. The van der Waals surface area contributed by atoms with Gasteiger partial charge in [-0.15, -0.1) is 0 Å². The zero-order chi connectivity index (χ0) is 75.9. The summed E-state index contributed by atoms with van der Waals surface area (Å²) in [4.78, 5) is 29.9. The van der Waals surface area contributed by atoms with Crippen LogP contribution in [0, 0.1) is 0 Å². The molecule has 114 heavy (non-hydrogen) atoms. The highest BCUT2D eigenvalue weighted by Crippen LogP contribution is 2.63. The molecule has 0 bridgehead atoms. The molecule has 0 amide bonds. The second kappa shape index (κ2) is 27.7. The number of hydrogen-bond donors (Lipinski definition) is 0. The van der Waals surface area contributed by atoms with Gasteiger partial charge in [0.05, 0.1) is 28.2 Å². The Morgan fingerprint density at radius 3 is 0.991 bits per heavy atom. The molecule has 0 saturated heterocycles. The normalized spacial score (nSPS) is 12.8. The van der Waals surface area contributed by atoms with E-state index in [2.05, 4.69) is 388 Å². The zero-order valence-corrected chi connectivity index (χ0v) is 62.8. The Kier molecular flexibility index (Phi) is 16.4. The Balaban J connectivity index is 0.000000144. The smallest absolute Gasteiger partial charge is 0.160 e. The lowest BCUT2D eigenvalue weighted by atomic mass is 9.70. The monoisotopic (exact) mass is 1450 g/mol. The molecular weight excluding hydrogens is 1380 g/mol. The van der Waals surface area contributed by atoms with E-state index in [1.54, 1.807) is 12.4 Å². The van der Waals surface area contributed by atoms with E-state index in [0.717, 1.165) is 89.5 Å². The quantitative estimate of drug-likeness (QED) is 0.128. The molecule has 4 heterocycles. The minimum absolute atomic E-state index is 0.0449. The van der Waals surface area contributed by atoms with E-state index in [4.69, 9.17) is 19.9 Å². The summed E-state index contributed by atoms with van der Waals surface area (Å²) in [6.07, 6.45) is 7.40. The predicted octanol–water partition coefficient (Wildman–Crippen LogP) is 27.0. The summed E-state index contributed by atoms with van der Waals surface area (Å²) in [5.74, 6) is 1.38. The van der Waals surface area contributed by atoms with Gasteiger partial charge < -0.3 is 0 Å². The van der Waals surface area contributed by atoms with Crippen LogP contribution in [0.2, 0.25) is 0 Å². The molecule has 1 spiro atoms. The number of hydrogen-bond acceptors (Lipinski definition) is 6. The fourth-order valence-corrected chi connectivity index (χ4v) is 18.1. The van der Waals surface area contributed by atoms with Crippen molar-refractivity contribution in [3.8, 4) is 157 Å². The molecule has 4 aromatic heterocycles. The number of nitrogens with zero attached hydrogens (tertiary/aromatic N) is 6. The lowest BCUT2D eigenvalue weighted by Gasteiger charge is -2.30. The van der Waals surface area contributed by atoms with E-state index >= 15 is 0 Å². The lowest BCUT2D eigenvalue weighted by molar-refractivity contribution is 0.660. The van der Waals surface area contributed by atoms with Crippen molar-refractivity contribution in [1.82, 2.24) is 29.9 Å². The highest BCUT2D eigenvalue weighted by atomic mass is 14.9. The molecule has 0 aliphatic heterocycles. The summed E-state index contributed by atoms with van der Waals surface area (Å²) in [5, 5.41) is 4.90. The molecule has 0 unspecified atom stereocenters. The molecule has 6 nitrogen and oxygen atoms in total. The number of pyridine rings is 2. The Hall–Kier alpha value is -14.7. The van der Waals surface area contributed by atoms with Gasteiger partial charge in [-0.2, -0.15) is 0 Å². The third-order valence-electron chi connectivity index (χ3n) is 23.6. The third kappa shape index (κ3) is 11.6. The minimum atomic E-state index is -0.454. The second-order valence-electron chi connectivity index (χ2n) is 30.4. The van der Waals surface area contributed by atoms with E-state index in [-0.39, 0.29) is 5.41 Å². The standard InChI is InChI=1S/C56H35N3.C52H37N3/c1-2-17-43-37(12-1)13-10-21-44(43)39-14-9-15-40(32-39)54-34-53(38-27-25-36(26-28-38)42-16-11-31-57-35-42)58-55(59-54)41-29-30-48-47-20-5-8-24-51(47)56(52(48)33-41)49-22-6-3-18-45(49)46-19-4-7-23-50(46)56;1-52(2)47-18-6-5-16-45(47)46-28-27-39(31-48(46)52)34-19-23-37(24-20-34)49-32-50(38-25-21-35(22-26-38)42-14-9-29-53-33-42)55-51(54-49)41-13-7-12-40(30-41)44-17-8-11-36-10-3-4-15-43(36)44/h1-35H;3-33H,1-2H3. The van der Waals surface area contributed by atoms with Crippen molar-refractivity contribution in [2.45, 2.75) is 24.7 Å². The Morgan fingerprint density at radius 1 is 0.193 bits per heavy atom. The fourth-order valence-electron chi connectivity index (χ4n) is 18.1. The fraction of sp³-hybridized carbons (Fsp3) is 0.0370. The van der Waals surface area contributed by atoms with Gasteiger partial charge in [0.15, 0.2) is 11.6 Å². The highest BCUT2D eigenvalue weighted by Gasteiger charge is 2.51. The van der Waals surface area contributed by atoms with Crippen LogP contribution in [0.3, 0.4) is 0 Å². The molecule has 6 heteroatoms. The molecule has 15 aromatic carbocycles. The van der Waals surface area contributed by atoms with Gasteiger partial charge in [-0.25, -0.2) is 19.9 Å². The molecule has 0 N–H and O–H groups in total. The summed E-state index contributed by atoms with van der Waals surface area (Å²) in [7, 11) is 0. The lowest BCUT2D eigenvalue weighted by Crippen LogP contribution is -2.25. The molecule has 19 aromatic rings. The third-order valence-corrected chi connectivity index (χ3v) is 23.6. The first-order valence-electron chi connectivity index (χ1n) is 39.0. The van der Waals surface area contributed by atoms with Crippen LogP contribution in [0.1, 0.15) is 47.2 Å². The van der Waals surface area contributed by atoms with Crippen molar-refractivity contribution < 1.29 is 0 Å². The average Bonchev–Trinajstić information content (AvgIpc) is 1.51. The minimum Gasteiger partial charge on any atom is -0.264 e. The first-order valence-corrected chi connectivity index (χ1v) is 39.0. The summed E-state index contributed by atoms with van der Waals surface area (Å²) in [5.41, 5.74) is 36.3. The summed E-state index contributed by atoms with van der Waals surface area (Å²) in [6, 6.07) is 135. The van der Waals surface area contributed by atoms with Crippen molar-refractivity contribution in [2.24, 2.45) is 0 Å². The first-order chi connectivity index (χ1) is 56.2. The van der Waals surface area contributed by atoms with E-state index in [0.29, 0.717) is 11.6 Å². The first kappa shape index (κ1) is 67.4. The highest BCUT2D eigenvalue weighted by molar-refractivity contribution is 6.00. The van der Waals surface area contributed by atoms with Crippen molar-refractivity contribution in [3.63, 3.8) is 0 Å². The molecule has 0 atom stereocenters. The maximum Gasteiger partial charge on any atom is 0.160 e. The van der Waals surface area contributed by atoms with Gasteiger partial charge >= 0.3 is 0 Å². The van der Waals surface area contributed by atoms with Gasteiger partial charge in [0.25, 0.3) is 0 Å². The molecule has 0 radical (unpaired) electrons. The summed E-state index contributed by atoms with van der Waals surface area (Å²) >= 11 is 0. The van der Waals surface area contributed by atoms with Gasteiger partial charge in [-0.3, -0.25) is 9.97 Å². The van der Waals surface area contributed by atoms with Crippen LogP contribution in [0.5, 0.6) is 0 Å². The number of aromatic nitrogens is 6. The van der Waals surface area contributed by atoms with Crippen LogP contribution in [0.4, 0.5) is 0 Å². The zero-order valence-electron chi connectivity index (χ0n) is 62.8. The van der Waals surface area contributed by atoms with Gasteiger partial charge in [-0.05, 0) is 192 Å². The number of benzene rings is 15. The van der Waals surface area contributed by atoms with Crippen LogP contribution in [-0.2, 0) is 10.8 Å². The molecule has 0 saturated carbocycles. The van der Waals surface area contributed by atoms with Crippen LogP contribution < -0.4 is 0 Å². The van der Waals surface area contributed by atoms with Gasteiger partial charge in [0.1, 0.15) is 0 Å². The van der Waals surface area contributed by atoms with Crippen LogP contribution in [-0.4, -0.2) is 29.9 Å². The van der Waals surface area contributed by atoms with Crippen molar-refractivity contribution >= 4 is 21.5 Å². The van der Waals surface area contributed by atoms with Gasteiger partial charge in [0.2, 0.25) is 0 Å². The maximum absolute atomic E-state index is 5.42. The number of rotatable bonds is 11. The van der Waals surface area contributed by atoms with Gasteiger partial charge in [-0.1, -0.05) is 341 Å². The maximum atomic E-state index is 5.42. The molecule has 22 rings (SSSR count). The van der Waals surface area contributed by atoms with E-state index in [9.17, 15) is 0 Å². The van der Waals surface area contributed by atoms with Crippen LogP contribution >= 0.6 is 0 Å².